The number of hydrogen-bond donors (Lipinski definition) is 3. The number of rotatable bonds is 5. The van der Waals surface area contributed by atoms with Crippen LogP contribution in [0, 0.1) is 6.92 Å². The highest BCUT2D eigenvalue weighted by Gasteiger charge is 2.18. The quantitative estimate of drug-likeness (QED) is 0.758. The van der Waals surface area contributed by atoms with Crippen molar-refractivity contribution in [2.45, 2.75) is 32.2 Å². The number of benzene rings is 1. The molecule has 1 fully saturated rings. The van der Waals surface area contributed by atoms with Crippen LogP contribution >= 0.6 is 12.4 Å². The number of sulfonamides is 1. The summed E-state index contributed by atoms with van der Waals surface area (Å²) in [7, 11) is -3.38. The normalized spacial score (nSPS) is 17.6. The molecular weight excluding hydrogens is 326 g/mol. The number of hydrogen-bond acceptors (Lipinski definition) is 4. The van der Waals surface area contributed by atoms with E-state index >= 15 is 0 Å². The molecule has 3 N–H and O–H groups in total. The van der Waals surface area contributed by atoms with Crippen molar-refractivity contribution in [3.63, 3.8) is 0 Å². The minimum absolute atomic E-state index is 0. The predicted octanol–water partition coefficient (Wildman–Crippen LogP) is 1.87. The van der Waals surface area contributed by atoms with E-state index in [0.29, 0.717) is 17.8 Å². The number of carbonyl (C=O) groups excluding carboxylic acids is 1. The third kappa shape index (κ3) is 5.82. The first-order valence-electron chi connectivity index (χ1n) is 6.95. The minimum atomic E-state index is -3.38. The van der Waals surface area contributed by atoms with E-state index in [-0.39, 0.29) is 24.4 Å². The molecule has 0 aliphatic carbocycles. The lowest BCUT2D eigenvalue weighted by atomic mass is 10.1. The number of halogens is 1. The summed E-state index contributed by atoms with van der Waals surface area (Å²) in [6, 6.07) is 5.41. The van der Waals surface area contributed by atoms with Gasteiger partial charge in [0, 0.05) is 12.5 Å². The van der Waals surface area contributed by atoms with Gasteiger partial charge in [-0.15, -0.1) is 12.4 Å². The third-order valence-corrected chi connectivity index (χ3v) is 3.93. The molecule has 0 bridgehead atoms. The van der Waals surface area contributed by atoms with Crippen LogP contribution in [0.3, 0.4) is 0 Å². The molecule has 0 saturated carbocycles. The molecule has 1 aromatic rings. The molecule has 22 heavy (non-hydrogen) atoms. The van der Waals surface area contributed by atoms with Gasteiger partial charge in [0.05, 0.1) is 17.6 Å². The van der Waals surface area contributed by atoms with Gasteiger partial charge in [-0.25, -0.2) is 8.42 Å². The van der Waals surface area contributed by atoms with Crippen molar-refractivity contribution >= 4 is 39.7 Å². The highest BCUT2D eigenvalue weighted by atomic mass is 35.5. The van der Waals surface area contributed by atoms with Crippen molar-refractivity contribution < 1.29 is 13.2 Å². The van der Waals surface area contributed by atoms with Crippen LogP contribution in [0.1, 0.15) is 24.8 Å². The Morgan fingerprint density at radius 2 is 2.09 bits per heavy atom. The van der Waals surface area contributed by atoms with Gasteiger partial charge in [0.25, 0.3) is 0 Å². The van der Waals surface area contributed by atoms with Gasteiger partial charge in [0.2, 0.25) is 15.9 Å². The lowest BCUT2D eigenvalue weighted by Crippen LogP contribution is -2.27. The molecule has 1 atom stereocenters. The van der Waals surface area contributed by atoms with Gasteiger partial charge in [-0.05, 0) is 44.0 Å². The summed E-state index contributed by atoms with van der Waals surface area (Å²) in [4.78, 5) is 12.1. The van der Waals surface area contributed by atoms with Crippen molar-refractivity contribution in [2.75, 3.05) is 22.8 Å². The fourth-order valence-corrected chi connectivity index (χ4v) is 2.98. The average Bonchev–Trinajstić information content (AvgIpc) is 2.84. The molecule has 124 valence electrons. The molecule has 6 nitrogen and oxygen atoms in total. The van der Waals surface area contributed by atoms with E-state index in [4.69, 9.17) is 0 Å². The molecule has 1 aliphatic heterocycles. The van der Waals surface area contributed by atoms with E-state index in [2.05, 4.69) is 15.4 Å². The summed E-state index contributed by atoms with van der Waals surface area (Å²) < 4.78 is 25.2. The van der Waals surface area contributed by atoms with Gasteiger partial charge >= 0.3 is 0 Å². The summed E-state index contributed by atoms with van der Waals surface area (Å²) in [5.41, 5.74) is 1.82. The molecule has 0 aromatic heterocycles. The Balaban J connectivity index is 0.00000242. The zero-order valence-electron chi connectivity index (χ0n) is 12.7. The van der Waals surface area contributed by atoms with Crippen molar-refractivity contribution in [3.05, 3.63) is 23.8 Å². The van der Waals surface area contributed by atoms with E-state index in [1.165, 1.54) is 0 Å². The molecule has 1 aromatic carbocycles. The third-order valence-electron chi connectivity index (χ3n) is 3.34. The highest BCUT2D eigenvalue weighted by Crippen LogP contribution is 2.24. The second-order valence-electron chi connectivity index (χ2n) is 5.47. The Hall–Kier alpha value is -1.31. The van der Waals surface area contributed by atoms with Crippen molar-refractivity contribution in [3.8, 4) is 0 Å². The van der Waals surface area contributed by atoms with Gasteiger partial charge in [-0.2, -0.15) is 0 Å². The van der Waals surface area contributed by atoms with Crippen LogP contribution in [-0.4, -0.2) is 33.2 Å². The molecule has 1 saturated heterocycles. The lowest BCUT2D eigenvalue weighted by molar-refractivity contribution is -0.116. The van der Waals surface area contributed by atoms with E-state index in [1.54, 1.807) is 18.2 Å². The minimum Gasteiger partial charge on any atom is -0.324 e. The van der Waals surface area contributed by atoms with Crippen LogP contribution in [-0.2, 0) is 14.8 Å². The number of aryl methyl sites for hydroxylation is 1. The molecule has 2 rings (SSSR count). The van der Waals surface area contributed by atoms with Crippen LogP contribution in [0.15, 0.2) is 18.2 Å². The van der Waals surface area contributed by atoms with E-state index in [9.17, 15) is 13.2 Å². The summed E-state index contributed by atoms with van der Waals surface area (Å²) in [6.07, 6.45) is 3.56. The largest absolute Gasteiger partial charge is 0.324 e. The molecule has 0 spiro atoms. The molecule has 0 radical (unpaired) electrons. The first-order valence-corrected chi connectivity index (χ1v) is 8.84. The van der Waals surface area contributed by atoms with Crippen molar-refractivity contribution in [1.29, 1.82) is 0 Å². The van der Waals surface area contributed by atoms with E-state index in [0.717, 1.165) is 31.2 Å². The Bertz CT molecular complexity index is 628. The number of nitrogens with one attached hydrogen (secondary N) is 3. The van der Waals surface area contributed by atoms with Gasteiger partial charge in [0.1, 0.15) is 0 Å². The Morgan fingerprint density at radius 1 is 1.36 bits per heavy atom. The van der Waals surface area contributed by atoms with Crippen molar-refractivity contribution in [1.82, 2.24) is 5.32 Å². The van der Waals surface area contributed by atoms with Crippen LogP contribution in [0.2, 0.25) is 0 Å². The molecule has 1 heterocycles. The SMILES string of the molecule is Cc1ccc(NS(C)(=O)=O)c(NC(=O)CC2CCCN2)c1.Cl. The zero-order valence-corrected chi connectivity index (χ0v) is 14.3. The Labute approximate surface area is 137 Å². The summed E-state index contributed by atoms with van der Waals surface area (Å²) in [6.45, 7) is 2.84. The number of anilines is 2. The molecule has 1 aliphatic rings. The smallest absolute Gasteiger partial charge is 0.229 e. The molecule has 8 heteroatoms. The number of amides is 1. The fraction of sp³-hybridized carbons (Fsp3) is 0.500. The maximum Gasteiger partial charge on any atom is 0.229 e. The second-order valence-corrected chi connectivity index (χ2v) is 7.22. The van der Waals surface area contributed by atoms with Gasteiger partial charge in [-0.1, -0.05) is 6.07 Å². The van der Waals surface area contributed by atoms with Crippen LogP contribution < -0.4 is 15.4 Å². The zero-order chi connectivity index (χ0) is 15.5. The monoisotopic (exact) mass is 347 g/mol. The first-order chi connectivity index (χ1) is 9.83. The molecule has 1 amide bonds. The van der Waals surface area contributed by atoms with Crippen molar-refractivity contribution in [2.24, 2.45) is 0 Å². The summed E-state index contributed by atoms with van der Waals surface area (Å²) >= 11 is 0. The maximum atomic E-state index is 12.1. The predicted molar refractivity (Wildman–Crippen MR) is 91.2 cm³/mol. The van der Waals surface area contributed by atoms with E-state index in [1.807, 2.05) is 6.92 Å². The molecular formula is C14H22ClN3O3S. The van der Waals surface area contributed by atoms with Gasteiger partial charge < -0.3 is 10.6 Å². The summed E-state index contributed by atoms with van der Waals surface area (Å²) in [5, 5.41) is 6.06. The summed E-state index contributed by atoms with van der Waals surface area (Å²) in [5.74, 6) is -0.114. The highest BCUT2D eigenvalue weighted by molar-refractivity contribution is 7.92. The van der Waals surface area contributed by atoms with Crippen LogP contribution in [0.4, 0.5) is 11.4 Å². The lowest BCUT2D eigenvalue weighted by Gasteiger charge is -2.14. The fourth-order valence-electron chi connectivity index (χ4n) is 2.41. The van der Waals surface area contributed by atoms with Gasteiger partial charge in [0.15, 0.2) is 0 Å². The standard InChI is InChI=1S/C14H21N3O3S.ClH/c1-10-5-6-12(17-21(2,19)20)13(8-10)16-14(18)9-11-4-3-7-15-11;/h5-6,8,11,15,17H,3-4,7,9H2,1-2H3,(H,16,18);1H. The maximum absolute atomic E-state index is 12.1. The Kier molecular flexibility index (Phi) is 6.65. The molecule has 1 unspecified atom stereocenters. The topological polar surface area (TPSA) is 87.3 Å². The van der Waals surface area contributed by atoms with Crippen LogP contribution in [0.25, 0.3) is 0 Å². The first kappa shape index (κ1) is 18.7. The van der Waals surface area contributed by atoms with E-state index < -0.39 is 10.0 Å². The van der Waals surface area contributed by atoms with Crippen LogP contribution in [0.5, 0.6) is 0 Å². The second kappa shape index (κ2) is 7.80. The average molecular weight is 348 g/mol. The van der Waals surface area contributed by atoms with Gasteiger partial charge in [-0.3, -0.25) is 9.52 Å². The number of carbonyl (C=O) groups is 1. The Morgan fingerprint density at radius 3 is 2.68 bits per heavy atom.